The van der Waals surface area contributed by atoms with Gasteiger partial charge in [-0.25, -0.2) is 0 Å². The number of rotatable bonds is 3. The zero-order valence-corrected chi connectivity index (χ0v) is 12.6. The van der Waals surface area contributed by atoms with Crippen LogP contribution in [-0.4, -0.2) is 36.9 Å². The highest BCUT2D eigenvalue weighted by Crippen LogP contribution is 2.39. The van der Waals surface area contributed by atoms with Crippen molar-refractivity contribution >= 4 is 5.78 Å². The van der Waals surface area contributed by atoms with Gasteiger partial charge < -0.3 is 9.64 Å². The molecule has 2 bridgehead atoms. The average molecular weight is 273 g/mol. The van der Waals surface area contributed by atoms with E-state index in [2.05, 4.69) is 11.9 Å². The molecule has 2 atom stereocenters. The molecular weight excluding hydrogens is 250 g/mol. The molecule has 0 radical (unpaired) electrons. The fourth-order valence-corrected chi connectivity index (χ4v) is 3.86. The maximum absolute atomic E-state index is 12.9. The van der Waals surface area contributed by atoms with Gasteiger partial charge in [0, 0.05) is 18.0 Å². The lowest BCUT2D eigenvalue weighted by molar-refractivity contribution is 0.0764. The number of aryl methyl sites for hydroxylation is 1. The number of ketones is 1. The van der Waals surface area contributed by atoms with E-state index in [1.165, 1.54) is 12.8 Å². The van der Waals surface area contributed by atoms with E-state index < -0.39 is 0 Å². The molecule has 1 aromatic rings. The second-order valence-corrected chi connectivity index (χ2v) is 6.29. The van der Waals surface area contributed by atoms with E-state index in [1.54, 1.807) is 7.11 Å². The molecule has 108 valence electrons. The van der Waals surface area contributed by atoms with E-state index in [0.717, 1.165) is 24.0 Å². The molecule has 0 aliphatic carbocycles. The monoisotopic (exact) mass is 273 g/mol. The Morgan fingerprint density at radius 3 is 2.50 bits per heavy atom. The van der Waals surface area contributed by atoms with Crippen LogP contribution in [0.15, 0.2) is 18.2 Å². The van der Waals surface area contributed by atoms with Gasteiger partial charge in [0.25, 0.3) is 0 Å². The minimum absolute atomic E-state index is 0.166. The van der Waals surface area contributed by atoms with Gasteiger partial charge in [-0.3, -0.25) is 4.79 Å². The van der Waals surface area contributed by atoms with Crippen molar-refractivity contribution in [1.82, 2.24) is 4.90 Å². The predicted octanol–water partition coefficient (Wildman–Crippen LogP) is 3.06. The normalized spacial score (nSPS) is 29.4. The van der Waals surface area contributed by atoms with Gasteiger partial charge in [0.1, 0.15) is 5.75 Å². The first-order valence-corrected chi connectivity index (χ1v) is 7.51. The number of fused-ring (bicyclic) bond motifs is 2. The van der Waals surface area contributed by atoms with Crippen LogP contribution >= 0.6 is 0 Å². The van der Waals surface area contributed by atoms with Gasteiger partial charge in [0.2, 0.25) is 0 Å². The Balaban J connectivity index is 1.85. The molecule has 2 saturated heterocycles. The third-order valence-corrected chi connectivity index (χ3v) is 5.09. The number of Topliss-reactive ketones (excluding diaryl/α,β-unsaturated/α-hetero) is 1. The zero-order chi connectivity index (χ0) is 14.3. The van der Waals surface area contributed by atoms with Crippen molar-refractivity contribution < 1.29 is 9.53 Å². The Morgan fingerprint density at radius 1 is 1.25 bits per heavy atom. The molecule has 0 spiro atoms. The summed E-state index contributed by atoms with van der Waals surface area (Å²) >= 11 is 0. The summed E-state index contributed by atoms with van der Waals surface area (Å²) in [7, 11) is 3.84. The van der Waals surface area contributed by atoms with Gasteiger partial charge in [-0.2, -0.15) is 0 Å². The van der Waals surface area contributed by atoms with Crippen LogP contribution in [0.25, 0.3) is 0 Å². The first-order chi connectivity index (χ1) is 9.60. The number of benzene rings is 1. The van der Waals surface area contributed by atoms with E-state index in [4.69, 9.17) is 4.74 Å². The quantitative estimate of drug-likeness (QED) is 0.793. The third kappa shape index (κ3) is 2.24. The second-order valence-electron chi connectivity index (χ2n) is 6.29. The molecule has 2 unspecified atom stereocenters. The minimum Gasteiger partial charge on any atom is -0.496 e. The smallest absolute Gasteiger partial charge is 0.169 e. The molecule has 0 amide bonds. The third-order valence-electron chi connectivity index (χ3n) is 5.09. The lowest BCUT2D eigenvalue weighted by Gasteiger charge is -2.35. The van der Waals surface area contributed by atoms with Crippen LogP contribution in [0.2, 0.25) is 0 Å². The molecule has 0 aromatic heterocycles. The van der Waals surface area contributed by atoms with Crippen molar-refractivity contribution in [2.24, 2.45) is 5.92 Å². The van der Waals surface area contributed by atoms with Crippen molar-refractivity contribution in [2.45, 2.75) is 44.7 Å². The largest absolute Gasteiger partial charge is 0.496 e. The summed E-state index contributed by atoms with van der Waals surface area (Å²) in [5.74, 6) is 1.15. The summed E-state index contributed by atoms with van der Waals surface area (Å²) in [5.41, 5.74) is 1.88. The van der Waals surface area contributed by atoms with Crippen molar-refractivity contribution in [1.29, 1.82) is 0 Å². The molecule has 3 rings (SSSR count). The van der Waals surface area contributed by atoms with Gasteiger partial charge >= 0.3 is 0 Å². The van der Waals surface area contributed by atoms with Gasteiger partial charge in [-0.15, -0.1) is 0 Å². The Kier molecular flexibility index (Phi) is 3.55. The number of piperidine rings is 1. The number of carbonyl (C=O) groups excluding carboxylic acids is 1. The summed E-state index contributed by atoms with van der Waals surface area (Å²) in [6, 6.07) is 7.07. The van der Waals surface area contributed by atoms with Crippen LogP contribution < -0.4 is 4.74 Å². The van der Waals surface area contributed by atoms with Crippen molar-refractivity contribution in [3.05, 3.63) is 29.3 Å². The van der Waals surface area contributed by atoms with Crippen molar-refractivity contribution in [3.63, 3.8) is 0 Å². The molecule has 2 heterocycles. The van der Waals surface area contributed by atoms with Crippen LogP contribution in [0.1, 0.15) is 41.6 Å². The molecule has 2 aliphatic heterocycles. The van der Waals surface area contributed by atoms with Crippen LogP contribution in [0.3, 0.4) is 0 Å². The summed E-state index contributed by atoms with van der Waals surface area (Å²) < 4.78 is 5.37. The SMILES string of the molecule is COc1ccc(C)cc1C(=O)C1CC2CCC(C1)N2C. The second kappa shape index (κ2) is 5.21. The van der Waals surface area contributed by atoms with Crippen LogP contribution in [0.5, 0.6) is 5.75 Å². The molecule has 0 saturated carbocycles. The van der Waals surface area contributed by atoms with E-state index in [-0.39, 0.29) is 11.7 Å². The molecule has 0 N–H and O–H groups in total. The van der Waals surface area contributed by atoms with Crippen LogP contribution in [0, 0.1) is 12.8 Å². The minimum atomic E-state index is 0.166. The number of methoxy groups -OCH3 is 1. The molecular formula is C17H23NO2. The maximum atomic E-state index is 12.9. The molecule has 3 heteroatoms. The Labute approximate surface area is 120 Å². The molecule has 20 heavy (non-hydrogen) atoms. The summed E-state index contributed by atoms with van der Waals surface area (Å²) in [6.07, 6.45) is 4.50. The summed E-state index contributed by atoms with van der Waals surface area (Å²) in [5, 5.41) is 0. The molecule has 2 fully saturated rings. The lowest BCUT2D eigenvalue weighted by atomic mass is 9.84. The summed E-state index contributed by atoms with van der Waals surface area (Å²) in [6.45, 7) is 2.02. The van der Waals surface area contributed by atoms with Crippen LogP contribution in [0.4, 0.5) is 0 Å². The van der Waals surface area contributed by atoms with Crippen molar-refractivity contribution in [3.8, 4) is 5.75 Å². The number of carbonyl (C=O) groups is 1. The van der Waals surface area contributed by atoms with E-state index >= 15 is 0 Å². The number of nitrogens with zero attached hydrogens (tertiary/aromatic N) is 1. The molecule has 3 nitrogen and oxygen atoms in total. The van der Waals surface area contributed by atoms with Gasteiger partial charge in [0.05, 0.1) is 12.7 Å². The van der Waals surface area contributed by atoms with Crippen LogP contribution in [-0.2, 0) is 0 Å². The predicted molar refractivity (Wildman–Crippen MR) is 79.4 cm³/mol. The van der Waals surface area contributed by atoms with Gasteiger partial charge in [-0.1, -0.05) is 11.6 Å². The van der Waals surface area contributed by atoms with E-state index in [1.807, 2.05) is 25.1 Å². The zero-order valence-electron chi connectivity index (χ0n) is 12.6. The van der Waals surface area contributed by atoms with Crippen molar-refractivity contribution in [2.75, 3.05) is 14.2 Å². The number of hydrogen-bond donors (Lipinski definition) is 0. The number of ether oxygens (including phenoxy) is 1. The standard InChI is InChI=1S/C17H23NO2/c1-11-4-7-16(20-3)15(8-11)17(19)12-9-13-5-6-14(10-12)18(13)2/h4,7-8,12-14H,5-6,9-10H2,1-3H3. The van der Waals surface area contributed by atoms with E-state index in [9.17, 15) is 4.79 Å². The molecule has 2 aliphatic rings. The topological polar surface area (TPSA) is 29.5 Å². The fourth-order valence-electron chi connectivity index (χ4n) is 3.86. The average Bonchev–Trinajstić information content (AvgIpc) is 2.68. The lowest BCUT2D eigenvalue weighted by Crippen LogP contribution is -2.42. The Morgan fingerprint density at radius 2 is 1.90 bits per heavy atom. The fraction of sp³-hybridized carbons (Fsp3) is 0.588. The highest BCUT2D eigenvalue weighted by atomic mass is 16.5. The maximum Gasteiger partial charge on any atom is 0.169 e. The van der Waals surface area contributed by atoms with E-state index in [0.29, 0.717) is 17.8 Å². The number of hydrogen-bond acceptors (Lipinski definition) is 3. The molecule has 1 aromatic carbocycles. The Hall–Kier alpha value is -1.35. The van der Waals surface area contributed by atoms with Gasteiger partial charge in [0.15, 0.2) is 5.78 Å². The first kappa shape index (κ1) is 13.6. The first-order valence-electron chi connectivity index (χ1n) is 7.51. The summed E-state index contributed by atoms with van der Waals surface area (Å²) in [4.78, 5) is 15.3. The Bertz CT molecular complexity index is 512. The highest BCUT2D eigenvalue weighted by Gasteiger charge is 2.41. The highest BCUT2D eigenvalue weighted by molar-refractivity contribution is 6.00. The van der Waals surface area contributed by atoms with Gasteiger partial charge in [-0.05, 0) is 51.8 Å².